The molecule has 0 unspecified atom stereocenters. The summed E-state index contributed by atoms with van der Waals surface area (Å²) in [6.07, 6.45) is 0. The number of aryl methyl sites for hydroxylation is 2. The van der Waals surface area contributed by atoms with E-state index in [1.54, 1.807) is 13.8 Å². The van der Waals surface area contributed by atoms with E-state index in [4.69, 9.17) is 18.7 Å². The summed E-state index contributed by atoms with van der Waals surface area (Å²) in [7, 11) is 0.134. The minimum Gasteiger partial charge on any atom is -0.493 e. The molecule has 2 rings (SSSR count). The maximum absolute atomic E-state index is 12.6. The minimum atomic E-state index is -3.87. The van der Waals surface area contributed by atoms with Crippen LogP contribution in [0.4, 0.5) is 5.69 Å². The second-order valence-corrected chi connectivity index (χ2v) is 7.13. The number of hydrogen-bond donors (Lipinski definition) is 1. The lowest BCUT2D eigenvalue weighted by atomic mass is 10.1. The van der Waals surface area contributed by atoms with Crippen LogP contribution < -0.4 is 14.2 Å². The summed E-state index contributed by atoms with van der Waals surface area (Å²) in [6.45, 7) is 3.28. The molecule has 0 atom stereocenters. The van der Waals surface area contributed by atoms with Crippen molar-refractivity contribution in [1.29, 1.82) is 0 Å². The van der Waals surface area contributed by atoms with E-state index in [0.717, 1.165) is 0 Å². The highest BCUT2D eigenvalue weighted by atomic mass is 32.2. The Hall–Kier alpha value is -2.75. The van der Waals surface area contributed by atoms with Crippen LogP contribution in [0.5, 0.6) is 11.5 Å². The van der Waals surface area contributed by atoms with Crippen LogP contribution in [-0.4, -0.2) is 40.9 Å². The Morgan fingerprint density at radius 3 is 2.27 bits per heavy atom. The number of nitrogens with zero attached hydrogens (tertiary/aromatic N) is 1. The Morgan fingerprint density at radius 2 is 1.77 bits per heavy atom. The number of hydrogen-bond acceptors (Lipinski definition) is 8. The van der Waals surface area contributed by atoms with Crippen LogP contribution in [0.1, 0.15) is 27.4 Å². The monoisotopic (exact) mass is 384 g/mol. The Balaban J connectivity index is 2.44. The maximum atomic E-state index is 12.6. The van der Waals surface area contributed by atoms with Crippen LogP contribution in [0.25, 0.3) is 0 Å². The van der Waals surface area contributed by atoms with Gasteiger partial charge in [0.25, 0.3) is 0 Å². The number of carbonyl (C=O) groups excluding carboxylic acids is 1. The van der Waals surface area contributed by atoms with Crippen molar-refractivity contribution < 1.29 is 31.9 Å². The average Bonchev–Trinajstić information content (AvgIpc) is 2.91. The number of methoxy groups -OCH3 is 3. The van der Waals surface area contributed by atoms with Crippen molar-refractivity contribution in [2.24, 2.45) is 0 Å². The molecule has 0 spiro atoms. The van der Waals surface area contributed by atoms with Gasteiger partial charge in [0.2, 0.25) is 10.0 Å². The molecule has 0 aliphatic carbocycles. The van der Waals surface area contributed by atoms with Crippen molar-refractivity contribution in [3.8, 4) is 11.5 Å². The molecule has 0 saturated heterocycles. The number of nitrogens with one attached hydrogen (secondary N) is 1. The summed E-state index contributed by atoms with van der Waals surface area (Å²) in [5.41, 5.74) is 0.944. The van der Waals surface area contributed by atoms with E-state index in [-0.39, 0.29) is 28.5 Å². The highest BCUT2D eigenvalue weighted by Crippen LogP contribution is 2.34. The highest BCUT2D eigenvalue weighted by Gasteiger charge is 2.23. The third-order valence-corrected chi connectivity index (χ3v) is 4.91. The van der Waals surface area contributed by atoms with Gasteiger partial charge in [-0.2, -0.15) is 0 Å². The number of aromatic nitrogens is 1. The van der Waals surface area contributed by atoms with E-state index in [0.29, 0.717) is 17.0 Å². The molecular formula is C16H20N2O7S. The summed E-state index contributed by atoms with van der Waals surface area (Å²) in [5.74, 6) is -0.144. The predicted molar refractivity (Wildman–Crippen MR) is 93.1 cm³/mol. The van der Waals surface area contributed by atoms with E-state index in [9.17, 15) is 13.2 Å². The van der Waals surface area contributed by atoms with Crippen LogP contribution in [0.3, 0.4) is 0 Å². The van der Waals surface area contributed by atoms with Gasteiger partial charge in [0.1, 0.15) is 5.76 Å². The SMILES string of the molecule is COC(=O)c1cc(OC)c(OC)cc1NS(=O)(=O)Cc1c(C)noc1C. The van der Waals surface area contributed by atoms with Gasteiger partial charge in [0, 0.05) is 17.7 Å². The zero-order chi connectivity index (χ0) is 19.5. The maximum Gasteiger partial charge on any atom is 0.340 e. The van der Waals surface area contributed by atoms with Gasteiger partial charge >= 0.3 is 5.97 Å². The molecule has 1 aromatic carbocycles. The number of ether oxygens (including phenoxy) is 3. The molecule has 10 heteroatoms. The van der Waals surface area contributed by atoms with Crippen molar-refractivity contribution >= 4 is 21.7 Å². The lowest BCUT2D eigenvalue weighted by Gasteiger charge is -2.15. The fourth-order valence-electron chi connectivity index (χ4n) is 2.34. The molecule has 26 heavy (non-hydrogen) atoms. The molecule has 9 nitrogen and oxygen atoms in total. The van der Waals surface area contributed by atoms with E-state index in [1.165, 1.54) is 33.5 Å². The van der Waals surface area contributed by atoms with Gasteiger partial charge in [-0.3, -0.25) is 4.72 Å². The highest BCUT2D eigenvalue weighted by molar-refractivity contribution is 7.91. The van der Waals surface area contributed by atoms with Gasteiger partial charge in [-0.15, -0.1) is 0 Å². The fraction of sp³-hybridized carbons (Fsp3) is 0.375. The molecule has 0 amide bonds. The van der Waals surface area contributed by atoms with E-state index < -0.39 is 16.0 Å². The lowest BCUT2D eigenvalue weighted by molar-refractivity contribution is 0.0601. The molecule has 0 radical (unpaired) electrons. The second-order valence-electron chi connectivity index (χ2n) is 5.41. The standard InChI is InChI=1S/C16H20N2O7S/c1-9-12(10(2)25-17-9)8-26(20,21)18-13-7-15(23-4)14(22-3)6-11(13)16(19)24-5/h6-7,18H,8H2,1-5H3. The zero-order valence-corrected chi connectivity index (χ0v) is 15.9. The lowest BCUT2D eigenvalue weighted by Crippen LogP contribution is -2.18. The molecule has 0 saturated carbocycles. The second kappa shape index (κ2) is 7.65. The normalized spacial score (nSPS) is 11.1. The van der Waals surface area contributed by atoms with Crippen molar-refractivity contribution in [2.45, 2.75) is 19.6 Å². The smallest absolute Gasteiger partial charge is 0.340 e. The van der Waals surface area contributed by atoms with Gasteiger partial charge in [-0.25, -0.2) is 13.2 Å². The van der Waals surface area contributed by atoms with Crippen molar-refractivity contribution in [3.05, 3.63) is 34.7 Å². The van der Waals surface area contributed by atoms with Gasteiger partial charge < -0.3 is 18.7 Å². The first-order chi connectivity index (χ1) is 12.2. The first-order valence-electron chi connectivity index (χ1n) is 7.49. The van der Waals surface area contributed by atoms with Crippen molar-refractivity contribution in [3.63, 3.8) is 0 Å². The topological polar surface area (TPSA) is 117 Å². The Bertz CT molecular complexity index is 899. The van der Waals surface area contributed by atoms with E-state index in [1.807, 2.05) is 0 Å². The Labute approximate surface area is 151 Å². The van der Waals surface area contributed by atoms with Crippen molar-refractivity contribution in [1.82, 2.24) is 5.16 Å². The van der Waals surface area contributed by atoms with Gasteiger partial charge in [0.15, 0.2) is 11.5 Å². The number of esters is 1. The molecule has 1 heterocycles. The molecule has 0 aliphatic rings. The molecular weight excluding hydrogens is 364 g/mol. The van der Waals surface area contributed by atoms with E-state index in [2.05, 4.69) is 9.88 Å². The minimum absolute atomic E-state index is 0.00696. The number of rotatable bonds is 7. The molecule has 0 aliphatic heterocycles. The van der Waals surface area contributed by atoms with Crippen LogP contribution in [0.2, 0.25) is 0 Å². The molecule has 0 fully saturated rings. The van der Waals surface area contributed by atoms with Crippen LogP contribution in [0.15, 0.2) is 16.7 Å². The third-order valence-electron chi connectivity index (χ3n) is 3.71. The third kappa shape index (κ3) is 4.07. The predicted octanol–water partition coefficient (Wildman–Crippen LogP) is 2.04. The summed E-state index contributed by atoms with van der Waals surface area (Å²) in [4.78, 5) is 12.0. The fourth-order valence-corrected chi connectivity index (χ4v) is 3.71. The number of carbonyl (C=O) groups is 1. The average molecular weight is 384 g/mol. The Kier molecular flexibility index (Phi) is 5.76. The van der Waals surface area contributed by atoms with Gasteiger partial charge in [-0.05, 0) is 13.8 Å². The summed E-state index contributed by atoms with van der Waals surface area (Å²) < 4.78 is 47.6. The number of sulfonamides is 1. The number of benzene rings is 1. The molecule has 0 bridgehead atoms. The number of anilines is 1. The van der Waals surface area contributed by atoms with Crippen molar-refractivity contribution in [2.75, 3.05) is 26.1 Å². The summed E-state index contributed by atoms with van der Waals surface area (Å²) in [6, 6.07) is 2.70. The molecule has 1 aromatic heterocycles. The quantitative estimate of drug-likeness (QED) is 0.721. The first-order valence-corrected chi connectivity index (χ1v) is 9.14. The molecule has 142 valence electrons. The van der Waals surface area contributed by atoms with Crippen LogP contribution >= 0.6 is 0 Å². The first kappa shape index (κ1) is 19.6. The van der Waals surface area contributed by atoms with Gasteiger partial charge in [0.05, 0.1) is 44.0 Å². The zero-order valence-electron chi connectivity index (χ0n) is 15.1. The summed E-state index contributed by atoms with van der Waals surface area (Å²) >= 11 is 0. The molecule has 2 aromatic rings. The Morgan fingerprint density at radius 1 is 1.15 bits per heavy atom. The largest absolute Gasteiger partial charge is 0.493 e. The summed E-state index contributed by atoms with van der Waals surface area (Å²) in [5, 5.41) is 3.74. The van der Waals surface area contributed by atoms with Crippen LogP contribution in [0, 0.1) is 13.8 Å². The van der Waals surface area contributed by atoms with Gasteiger partial charge in [-0.1, -0.05) is 5.16 Å². The molecule has 1 N–H and O–H groups in total. The van der Waals surface area contributed by atoms with Crippen LogP contribution in [-0.2, 0) is 20.5 Å². The van der Waals surface area contributed by atoms with E-state index >= 15 is 0 Å².